The van der Waals surface area contributed by atoms with Gasteiger partial charge in [-0.1, -0.05) is 49.0 Å². The summed E-state index contributed by atoms with van der Waals surface area (Å²) in [6.45, 7) is 8.76. The summed E-state index contributed by atoms with van der Waals surface area (Å²) in [6, 6.07) is 0. The zero-order chi connectivity index (χ0) is 13.7. The molecule has 0 radical (unpaired) electrons. The van der Waals surface area contributed by atoms with E-state index in [9.17, 15) is 0 Å². The first-order valence-corrected chi connectivity index (χ1v) is 9.20. The van der Waals surface area contributed by atoms with Crippen molar-refractivity contribution in [3.05, 3.63) is 0 Å². The van der Waals surface area contributed by atoms with Crippen molar-refractivity contribution in [1.29, 1.82) is 0 Å². The Bertz CT molecular complexity index is 166. The zero-order valence-corrected chi connectivity index (χ0v) is 17.1. The number of alkyl halides is 1. The lowest BCUT2D eigenvalue weighted by Crippen LogP contribution is -3.00. The van der Waals surface area contributed by atoms with Crippen molar-refractivity contribution in [1.82, 2.24) is 0 Å². The van der Waals surface area contributed by atoms with E-state index in [0.29, 0.717) is 0 Å². The molecule has 1 unspecified atom stereocenters. The molecule has 19 heavy (non-hydrogen) atoms. The summed E-state index contributed by atoms with van der Waals surface area (Å²) in [5.41, 5.74) is 0. The van der Waals surface area contributed by atoms with Crippen molar-refractivity contribution in [3.63, 3.8) is 0 Å². The van der Waals surface area contributed by atoms with Gasteiger partial charge in [0, 0.05) is 5.33 Å². The van der Waals surface area contributed by atoms with Crippen LogP contribution < -0.4 is 24.0 Å². The van der Waals surface area contributed by atoms with Gasteiger partial charge >= 0.3 is 0 Å². The van der Waals surface area contributed by atoms with Crippen molar-refractivity contribution >= 4 is 15.9 Å². The van der Waals surface area contributed by atoms with Gasteiger partial charge in [-0.05, 0) is 38.5 Å². The third-order valence-corrected chi connectivity index (χ3v) is 4.50. The Balaban J connectivity index is 0. The number of quaternary nitrogens is 1. The molecule has 0 spiro atoms. The van der Waals surface area contributed by atoms with Crippen LogP contribution in [-0.2, 0) is 0 Å². The van der Waals surface area contributed by atoms with Crippen LogP contribution in [0.15, 0.2) is 0 Å². The van der Waals surface area contributed by atoms with Gasteiger partial charge in [-0.15, -0.1) is 0 Å². The molecule has 0 saturated carbocycles. The second-order valence-electron chi connectivity index (χ2n) is 5.95. The second kappa shape index (κ2) is 15.6. The molecule has 3 heteroatoms. The number of rotatable bonds is 13. The van der Waals surface area contributed by atoms with Gasteiger partial charge in [-0.2, -0.15) is 0 Å². The Morgan fingerprint density at radius 1 is 0.684 bits per heavy atom. The van der Waals surface area contributed by atoms with Gasteiger partial charge in [0.05, 0.1) is 26.7 Å². The van der Waals surface area contributed by atoms with Crippen molar-refractivity contribution < 1.29 is 28.5 Å². The highest BCUT2D eigenvalue weighted by Gasteiger charge is 2.19. The lowest BCUT2D eigenvalue weighted by molar-refractivity contribution is -0.910. The van der Waals surface area contributed by atoms with E-state index in [1.54, 1.807) is 0 Å². The predicted molar refractivity (Wildman–Crippen MR) is 87.5 cm³/mol. The van der Waals surface area contributed by atoms with Gasteiger partial charge in [0.1, 0.15) is 0 Å². The Morgan fingerprint density at radius 3 is 1.58 bits per heavy atom. The minimum atomic E-state index is 0. The summed E-state index contributed by atoms with van der Waals surface area (Å²) in [5, 5.41) is 1.16. The molecule has 0 aromatic carbocycles. The molecule has 0 bridgehead atoms. The lowest BCUT2D eigenvalue weighted by Gasteiger charge is -2.35. The largest absolute Gasteiger partial charge is 1.00 e. The number of hydrogen-bond donors (Lipinski definition) is 0. The first-order chi connectivity index (χ1) is 8.68. The van der Waals surface area contributed by atoms with Gasteiger partial charge in [0.2, 0.25) is 0 Å². The Kier molecular flexibility index (Phi) is 18.4. The smallest absolute Gasteiger partial charge is 0.0784 e. The van der Waals surface area contributed by atoms with Crippen LogP contribution in [0.25, 0.3) is 0 Å². The lowest BCUT2D eigenvalue weighted by atomic mass is 10.1. The Labute approximate surface area is 147 Å². The summed E-state index contributed by atoms with van der Waals surface area (Å²) in [5.74, 6) is 0. The summed E-state index contributed by atoms with van der Waals surface area (Å²) >= 11 is 3.55. The average Bonchev–Trinajstić information content (AvgIpc) is 2.36. The Hall–Kier alpha value is 1.17. The van der Waals surface area contributed by atoms with E-state index >= 15 is 0 Å². The van der Waals surface area contributed by atoms with E-state index < -0.39 is 0 Å². The van der Waals surface area contributed by atoms with Gasteiger partial charge < -0.3 is 28.5 Å². The molecule has 0 fully saturated rings. The van der Waals surface area contributed by atoms with Crippen LogP contribution in [0.1, 0.15) is 71.6 Å². The van der Waals surface area contributed by atoms with Gasteiger partial charge in [0.25, 0.3) is 0 Å². The van der Waals surface area contributed by atoms with E-state index in [-0.39, 0.29) is 24.0 Å². The van der Waals surface area contributed by atoms with Crippen molar-refractivity contribution in [2.45, 2.75) is 71.6 Å². The molecule has 0 aromatic rings. The number of nitrogens with zero attached hydrogens (tertiary/aromatic N) is 1. The highest BCUT2D eigenvalue weighted by Crippen LogP contribution is 2.13. The van der Waals surface area contributed by atoms with Crippen LogP contribution in [0.3, 0.4) is 0 Å². The van der Waals surface area contributed by atoms with Crippen molar-refractivity contribution in [3.8, 4) is 0 Å². The fourth-order valence-corrected chi connectivity index (χ4v) is 2.98. The molecule has 118 valence electrons. The maximum absolute atomic E-state index is 3.55. The SMILES string of the molecule is CCCCCC[N+](C)(CCCCC)CCCCBr.[I-]. The maximum atomic E-state index is 3.55. The van der Waals surface area contributed by atoms with Crippen molar-refractivity contribution in [2.24, 2.45) is 0 Å². The molecule has 0 rings (SSSR count). The van der Waals surface area contributed by atoms with Crippen LogP contribution in [0.2, 0.25) is 0 Å². The number of hydrogen-bond acceptors (Lipinski definition) is 0. The predicted octanol–water partition coefficient (Wildman–Crippen LogP) is 2.38. The zero-order valence-electron chi connectivity index (χ0n) is 13.4. The molecule has 0 aromatic heterocycles. The summed E-state index contributed by atoms with van der Waals surface area (Å²) < 4.78 is 1.32. The molecule has 0 amide bonds. The molecule has 0 aliphatic rings. The van der Waals surface area contributed by atoms with E-state index in [1.165, 1.54) is 81.9 Å². The molecule has 1 nitrogen and oxygen atoms in total. The molecule has 0 N–H and O–H groups in total. The second-order valence-corrected chi connectivity index (χ2v) is 6.75. The first-order valence-electron chi connectivity index (χ1n) is 8.08. The van der Waals surface area contributed by atoms with E-state index in [0.717, 1.165) is 5.33 Å². The molecule has 0 heterocycles. The van der Waals surface area contributed by atoms with Crippen LogP contribution in [-0.4, -0.2) is 36.5 Å². The Morgan fingerprint density at radius 2 is 1.11 bits per heavy atom. The van der Waals surface area contributed by atoms with E-state index in [4.69, 9.17) is 0 Å². The van der Waals surface area contributed by atoms with Crippen LogP contribution in [0, 0.1) is 0 Å². The van der Waals surface area contributed by atoms with Crippen molar-refractivity contribution in [2.75, 3.05) is 32.0 Å². The fraction of sp³-hybridized carbons (Fsp3) is 1.00. The van der Waals surface area contributed by atoms with Crippen LogP contribution >= 0.6 is 15.9 Å². The van der Waals surface area contributed by atoms with Gasteiger partial charge in [-0.25, -0.2) is 0 Å². The van der Waals surface area contributed by atoms with Crippen LogP contribution in [0.4, 0.5) is 0 Å². The summed E-state index contributed by atoms with van der Waals surface area (Å²) in [4.78, 5) is 0. The molecular formula is C16H35BrIN. The third-order valence-electron chi connectivity index (χ3n) is 3.93. The topological polar surface area (TPSA) is 0 Å². The quantitative estimate of drug-likeness (QED) is 0.176. The van der Waals surface area contributed by atoms with Gasteiger partial charge in [-0.3, -0.25) is 0 Å². The van der Waals surface area contributed by atoms with Gasteiger partial charge in [0.15, 0.2) is 0 Å². The molecular weight excluding hydrogens is 413 g/mol. The first kappa shape index (κ1) is 22.5. The third kappa shape index (κ3) is 13.9. The maximum Gasteiger partial charge on any atom is 0.0784 e. The molecule has 0 saturated heterocycles. The number of unbranched alkanes of at least 4 members (excludes halogenated alkanes) is 6. The summed E-state index contributed by atoms with van der Waals surface area (Å²) in [6.07, 6.45) is 12.5. The monoisotopic (exact) mass is 447 g/mol. The highest BCUT2D eigenvalue weighted by atomic mass is 127. The molecule has 0 aliphatic carbocycles. The van der Waals surface area contributed by atoms with E-state index in [1.807, 2.05) is 0 Å². The normalized spacial score (nSPS) is 13.9. The minimum absolute atomic E-state index is 0. The minimum Gasteiger partial charge on any atom is -1.00 e. The summed E-state index contributed by atoms with van der Waals surface area (Å²) in [7, 11) is 2.48. The fourth-order valence-electron chi connectivity index (χ4n) is 2.59. The molecule has 1 atom stereocenters. The molecule has 0 aliphatic heterocycles. The average molecular weight is 448 g/mol. The van der Waals surface area contributed by atoms with Crippen LogP contribution in [0.5, 0.6) is 0 Å². The standard InChI is InChI=1S/C16H35BrN.HI/c1-4-6-8-11-15-18(3,14-10-7-5-2)16-12-9-13-17;/h4-16H2,1-3H3;1H/q+1;/p-1. The highest BCUT2D eigenvalue weighted by molar-refractivity contribution is 9.09. The van der Waals surface area contributed by atoms with E-state index in [2.05, 4.69) is 36.8 Å². The number of halogens is 2.